The van der Waals surface area contributed by atoms with Gasteiger partial charge in [0.25, 0.3) is 0 Å². The van der Waals surface area contributed by atoms with Gasteiger partial charge in [-0.25, -0.2) is 4.98 Å². The number of thiazole rings is 1. The van der Waals surface area contributed by atoms with Crippen molar-refractivity contribution in [3.8, 4) is 0 Å². The second-order valence-electron chi connectivity index (χ2n) is 5.22. The lowest BCUT2D eigenvalue weighted by atomic mass is 10.3. The summed E-state index contributed by atoms with van der Waals surface area (Å²) in [6.07, 6.45) is 3.76. The number of hydrogen-bond acceptors (Lipinski definition) is 5. The summed E-state index contributed by atoms with van der Waals surface area (Å²) in [6.45, 7) is 7.91. The first kappa shape index (κ1) is 14.8. The Morgan fingerprint density at radius 1 is 1.37 bits per heavy atom. The molecule has 0 radical (unpaired) electrons. The number of hydrogen-bond donors (Lipinski definition) is 1. The molecule has 1 aromatic rings. The summed E-state index contributed by atoms with van der Waals surface area (Å²) in [5, 5.41) is 4.40. The Bertz CT molecular complexity index is 385. The predicted molar refractivity (Wildman–Crippen MR) is 83.2 cm³/mol. The van der Waals surface area contributed by atoms with Crippen LogP contribution >= 0.6 is 11.3 Å². The van der Waals surface area contributed by atoms with E-state index in [1.165, 1.54) is 48.2 Å². The van der Waals surface area contributed by atoms with Crippen molar-refractivity contribution in [3.63, 3.8) is 0 Å². The first-order valence-electron chi connectivity index (χ1n) is 7.31. The summed E-state index contributed by atoms with van der Waals surface area (Å²) in [5.41, 5.74) is 1.25. The van der Waals surface area contributed by atoms with Crippen LogP contribution in [0.5, 0.6) is 0 Å². The van der Waals surface area contributed by atoms with Crippen molar-refractivity contribution >= 4 is 16.5 Å². The van der Waals surface area contributed by atoms with E-state index in [4.69, 9.17) is 4.98 Å². The highest BCUT2D eigenvalue weighted by atomic mass is 32.1. The molecule has 2 rings (SSSR count). The van der Waals surface area contributed by atoms with Crippen LogP contribution in [0, 0.1) is 0 Å². The van der Waals surface area contributed by atoms with Crippen molar-refractivity contribution < 1.29 is 0 Å². The van der Waals surface area contributed by atoms with Crippen LogP contribution in [-0.2, 0) is 13.0 Å². The largest absolute Gasteiger partial charge is 0.350 e. The maximum Gasteiger partial charge on any atom is 0.185 e. The Hall–Kier alpha value is -0.650. The Kier molecular flexibility index (Phi) is 5.60. The van der Waals surface area contributed by atoms with E-state index in [9.17, 15) is 0 Å². The lowest BCUT2D eigenvalue weighted by Gasteiger charge is -2.20. The van der Waals surface area contributed by atoms with Crippen LogP contribution in [0.4, 0.5) is 5.13 Å². The first-order valence-corrected chi connectivity index (χ1v) is 8.13. The van der Waals surface area contributed by atoms with Crippen molar-refractivity contribution in [3.05, 3.63) is 10.6 Å². The second-order valence-corrected chi connectivity index (χ2v) is 6.28. The molecule has 0 spiro atoms. The van der Waals surface area contributed by atoms with E-state index in [1.54, 1.807) is 0 Å². The Morgan fingerprint density at radius 2 is 2.11 bits per heavy atom. The van der Waals surface area contributed by atoms with E-state index >= 15 is 0 Å². The highest BCUT2D eigenvalue weighted by Gasteiger charge is 2.15. The number of rotatable bonds is 7. The van der Waals surface area contributed by atoms with Gasteiger partial charge in [-0.15, -0.1) is 11.3 Å². The fraction of sp³-hybridized carbons (Fsp3) is 0.786. The maximum absolute atomic E-state index is 4.78. The molecule has 0 atom stereocenters. The molecule has 1 N–H and O–H groups in total. The molecular weight excluding hydrogens is 256 g/mol. The molecule has 0 saturated carbocycles. The Balaban J connectivity index is 1.91. The fourth-order valence-electron chi connectivity index (χ4n) is 2.50. The number of aromatic nitrogens is 1. The van der Waals surface area contributed by atoms with Gasteiger partial charge in [-0.1, -0.05) is 6.92 Å². The van der Waals surface area contributed by atoms with Crippen LogP contribution in [0.25, 0.3) is 0 Å². The second kappa shape index (κ2) is 7.22. The van der Waals surface area contributed by atoms with Crippen LogP contribution in [0.2, 0.25) is 0 Å². The standard InChI is InChI=1S/C14H26N4S/c1-4-12-13(11-15-2)19-14(16-12)17(3)9-10-18-7-5-6-8-18/h15H,4-11H2,1-3H3. The molecule has 108 valence electrons. The summed E-state index contributed by atoms with van der Waals surface area (Å²) in [4.78, 5) is 11.0. The number of aryl methyl sites for hydroxylation is 1. The molecule has 0 unspecified atom stereocenters. The van der Waals surface area contributed by atoms with Crippen molar-refractivity contribution in [2.24, 2.45) is 0 Å². The number of likely N-dealkylation sites (tertiary alicyclic amines) is 1. The lowest BCUT2D eigenvalue weighted by Crippen LogP contribution is -2.31. The minimum Gasteiger partial charge on any atom is -0.350 e. The zero-order valence-corrected chi connectivity index (χ0v) is 13.2. The van der Waals surface area contributed by atoms with Crippen molar-refractivity contribution in [1.29, 1.82) is 0 Å². The van der Waals surface area contributed by atoms with Gasteiger partial charge in [-0.05, 0) is 39.4 Å². The molecule has 19 heavy (non-hydrogen) atoms. The Morgan fingerprint density at radius 3 is 2.74 bits per heavy atom. The maximum atomic E-state index is 4.78. The third kappa shape index (κ3) is 3.91. The zero-order valence-electron chi connectivity index (χ0n) is 12.4. The molecule has 4 nitrogen and oxygen atoms in total. The van der Waals surface area contributed by atoms with Gasteiger partial charge < -0.3 is 15.1 Å². The van der Waals surface area contributed by atoms with Gasteiger partial charge in [-0.3, -0.25) is 0 Å². The molecule has 1 aromatic heterocycles. The third-order valence-corrected chi connectivity index (χ3v) is 4.93. The van der Waals surface area contributed by atoms with Crippen LogP contribution in [0.3, 0.4) is 0 Å². The monoisotopic (exact) mass is 282 g/mol. The average molecular weight is 282 g/mol. The lowest BCUT2D eigenvalue weighted by molar-refractivity contribution is 0.346. The summed E-state index contributed by atoms with van der Waals surface area (Å²) in [5.74, 6) is 0. The highest BCUT2D eigenvalue weighted by molar-refractivity contribution is 7.15. The van der Waals surface area contributed by atoms with E-state index in [-0.39, 0.29) is 0 Å². The van der Waals surface area contributed by atoms with Crippen LogP contribution < -0.4 is 10.2 Å². The molecule has 0 aliphatic carbocycles. The minimum atomic E-state index is 0.931. The number of nitrogens with one attached hydrogen (secondary N) is 1. The van der Waals surface area contributed by atoms with E-state index in [1.807, 2.05) is 18.4 Å². The van der Waals surface area contributed by atoms with Gasteiger partial charge in [0.05, 0.1) is 5.69 Å². The molecular formula is C14H26N4S. The fourth-order valence-corrected chi connectivity index (χ4v) is 3.65. The quantitative estimate of drug-likeness (QED) is 0.828. The van der Waals surface area contributed by atoms with E-state index in [0.717, 1.165) is 19.5 Å². The normalized spacial score (nSPS) is 16.2. The molecule has 5 heteroatoms. The van der Waals surface area contributed by atoms with Gasteiger partial charge in [0.15, 0.2) is 5.13 Å². The molecule has 1 saturated heterocycles. The topological polar surface area (TPSA) is 31.4 Å². The minimum absolute atomic E-state index is 0.931. The van der Waals surface area contributed by atoms with E-state index < -0.39 is 0 Å². The average Bonchev–Trinajstić information content (AvgIpc) is 3.05. The number of likely N-dealkylation sites (N-methyl/N-ethyl adjacent to an activating group) is 1. The molecule has 1 aliphatic rings. The molecule has 1 fully saturated rings. The first-order chi connectivity index (χ1) is 9.24. The van der Waals surface area contributed by atoms with E-state index in [2.05, 4.69) is 29.1 Å². The Labute approximate surface area is 120 Å². The number of nitrogens with zero attached hydrogens (tertiary/aromatic N) is 3. The van der Waals surface area contributed by atoms with Crippen LogP contribution in [-0.4, -0.2) is 50.2 Å². The summed E-state index contributed by atoms with van der Waals surface area (Å²) in [7, 11) is 4.16. The van der Waals surface area contributed by atoms with Gasteiger partial charge in [-0.2, -0.15) is 0 Å². The van der Waals surface area contributed by atoms with Gasteiger partial charge >= 0.3 is 0 Å². The molecule has 0 bridgehead atoms. The summed E-state index contributed by atoms with van der Waals surface area (Å²) in [6, 6.07) is 0. The molecule has 0 amide bonds. The van der Waals surface area contributed by atoms with Crippen LogP contribution in [0.1, 0.15) is 30.3 Å². The summed E-state index contributed by atoms with van der Waals surface area (Å²) >= 11 is 1.83. The zero-order chi connectivity index (χ0) is 13.7. The highest BCUT2D eigenvalue weighted by Crippen LogP contribution is 2.26. The molecule has 0 aromatic carbocycles. The predicted octanol–water partition coefficient (Wildman–Crippen LogP) is 1.96. The summed E-state index contributed by atoms with van der Waals surface area (Å²) < 4.78 is 0. The van der Waals surface area contributed by atoms with Gasteiger partial charge in [0.2, 0.25) is 0 Å². The van der Waals surface area contributed by atoms with Gasteiger partial charge in [0, 0.05) is 31.6 Å². The van der Waals surface area contributed by atoms with Crippen molar-refractivity contribution in [2.45, 2.75) is 32.7 Å². The molecule has 2 heterocycles. The van der Waals surface area contributed by atoms with Gasteiger partial charge in [0.1, 0.15) is 0 Å². The smallest absolute Gasteiger partial charge is 0.185 e. The molecule has 1 aliphatic heterocycles. The third-order valence-electron chi connectivity index (χ3n) is 3.72. The number of anilines is 1. The SMILES string of the molecule is CCc1nc(N(C)CCN2CCCC2)sc1CNC. The van der Waals surface area contributed by atoms with Crippen molar-refractivity contribution in [1.82, 2.24) is 15.2 Å². The van der Waals surface area contributed by atoms with E-state index in [0.29, 0.717) is 0 Å². The van der Waals surface area contributed by atoms with Crippen molar-refractivity contribution in [2.75, 3.05) is 45.2 Å². The van der Waals surface area contributed by atoms with Crippen LogP contribution in [0.15, 0.2) is 0 Å².